The highest BCUT2D eigenvalue weighted by Gasteiger charge is 2.31. The molecule has 2 aromatic heterocycles. The SMILES string of the molecule is CC(C)OC(=O)Nc1ccccc1.CC(Oc1ccc(Oc2cnc3cc(Cl)ccc3n2)cc1)C(=O)O.CCC/C(=N/OCC)C1=C(O)CC(CC(C)SCC)CC1=O.Nc1cnn(-c2ccccc2)c(=O)c1Cl. The van der Waals surface area contributed by atoms with E-state index in [2.05, 4.69) is 39.4 Å². The van der Waals surface area contributed by atoms with E-state index in [1.54, 1.807) is 54.6 Å². The summed E-state index contributed by atoms with van der Waals surface area (Å²) in [4.78, 5) is 59.7. The maximum Gasteiger partial charge on any atom is 0.411 e. The van der Waals surface area contributed by atoms with Crippen molar-refractivity contribution in [2.45, 2.75) is 98.0 Å². The van der Waals surface area contributed by atoms with Crippen LogP contribution in [0.4, 0.5) is 16.2 Å². The van der Waals surface area contributed by atoms with E-state index in [1.807, 2.05) is 88.0 Å². The molecule has 17 nitrogen and oxygen atoms in total. The number of nitrogen functional groups attached to an aromatic ring is 1. The van der Waals surface area contributed by atoms with E-state index >= 15 is 0 Å². The third-order valence-corrected chi connectivity index (χ3v) is 11.9. The van der Waals surface area contributed by atoms with Gasteiger partial charge in [0.15, 0.2) is 11.9 Å². The van der Waals surface area contributed by atoms with Crippen LogP contribution in [0.1, 0.15) is 80.6 Å². The van der Waals surface area contributed by atoms with Gasteiger partial charge in [0.2, 0.25) is 5.88 Å². The monoisotopic (exact) mass is 1070 g/mol. The number of thioether (sulfide) groups is 1. The number of nitrogens with zero attached hydrogens (tertiary/aromatic N) is 5. The Balaban J connectivity index is 0.000000220. The number of rotatable bonds is 17. The molecule has 7 rings (SSSR count). The molecule has 1 amide bonds. The molecule has 4 aromatic carbocycles. The van der Waals surface area contributed by atoms with Gasteiger partial charge in [-0.3, -0.25) is 14.9 Å². The lowest BCUT2D eigenvalue weighted by molar-refractivity contribution is -0.144. The number of aromatic nitrogens is 4. The number of nitrogens with two attached hydrogens (primary N) is 1. The molecule has 0 saturated carbocycles. The number of oxime groups is 1. The maximum absolute atomic E-state index is 12.5. The zero-order valence-electron chi connectivity index (χ0n) is 42.4. The minimum absolute atomic E-state index is 0.00569. The van der Waals surface area contributed by atoms with Gasteiger partial charge >= 0.3 is 12.1 Å². The first-order chi connectivity index (χ1) is 35.4. The number of halogens is 2. The number of para-hydroxylation sites is 2. The lowest BCUT2D eigenvalue weighted by atomic mass is 9.82. The van der Waals surface area contributed by atoms with Crippen LogP contribution in [0.15, 0.2) is 137 Å². The summed E-state index contributed by atoms with van der Waals surface area (Å²) in [6.07, 6.45) is 4.99. The summed E-state index contributed by atoms with van der Waals surface area (Å²) < 4.78 is 17.0. The number of hydrogen-bond donors (Lipinski definition) is 4. The van der Waals surface area contributed by atoms with E-state index in [-0.39, 0.29) is 34.3 Å². The molecule has 6 aromatic rings. The maximum atomic E-state index is 12.5. The Morgan fingerprint density at radius 1 is 0.892 bits per heavy atom. The number of fused-ring (bicyclic) bond motifs is 1. The first-order valence-corrected chi connectivity index (χ1v) is 25.7. The lowest BCUT2D eigenvalue weighted by Gasteiger charge is -2.25. The molecule has 2 heterocycles. The Labute approximate surface area is 445 Å². The second-order valence-corrected chi connectivity index (χ2v) is 19.2. The van der Waals surface area contributed by atoms with Crippen molar-refractivity contribution in [1.82, 2.24) is 19.7 Å². The van der Waals surface area contributed by atoms with E-state index in [4.69, 9.17) is 53.1 Å². The van der Waals surface area contributed by atoms with Crippen LogP contribution in [0.5, 0.6) is 17.4 Å². The number of carbonyl (C=O) groups excluding carboxylic acids is 2. The zero-order chi connectivity index (χ0) is 54.2. The number of carboxylic acid groups (broad SMARTS) is 1. The molecule has 1 aliphatic carbocycles. The predicted octanol–water partition coefficient (Wildman–Crippen LogP) is 12.5. The van der Waals surface area contributed by atoms with Crippen LogP contribution in [0, 0.1) is 5.92 Å². The largest absolute Gasteiger partial charge is 0.511 e. The first-order valence-electron chi connectivity index (χ1n) is 23.9. The normalized spacial score (nSPS) is 13.9. The van der Waals surface area contributed by atoms with Gasteiger partial charge in [-0.05, 0) is 119 Å². The number of aliphatic hydroxyl groups excluding tert-OH is 1. The number of allylic oxidation sites excluding steroid dienone is 2. The highest BCUT2D eigenvalue weighted by molar-refractivity contribution is 7.99. The van der Waals surface area contributed by atoms with Gasteiger partial charge in [-0.2, -0.15) is 21.5 Å². The fourth-order valence-electron chi connectivity index (χ4n) is 6.94. The molecular weight excluding hydrogens is 1010 g/mol. The molecular formula is C54H63Cl2N7O10S. The van der Waals surface area contributed by atoms with Gasteiger partial charge in [-0.25, -0.2) is 19.6 Å². The molecule has 0 fully saturated rings. The van der Waals surface area contributed by atoms with E-state index in [1.165, 1.54) is 24.0 Å². The number of ketones is 1. The molecule has 3 atom stereocenters. The molecule has 20 heteroatoms. The summed E-state index contributed by atoms with van der Waals surface area (Å²) >= 11 is 13.5. The number of ether oxygens (including phenoxy) is 3. The third kappa shape index (κ3) is 19.7. The number of amides is 1. The van der Waals surface area contributed by atoms with Crippen LogP contribution in [0.3, 0.4) is 0 Å². The summed E-state index contributed by atoms with van der Waals surface area (Å²) in [5.74, 6) is 1.82. The number of aliphatic hydroxyl groups is 1. The number of nitrogens with one attached hydrogen (secondary N) is 1. The molecule has 5 N–H and O–H groups in total. The van der Waals surface area contributed by atoms with Gasteiger partial charge in [0, 0.05) is 28.8 Å². The fourth-order valence-corrected chi connectivity index (χ4v) is 8.22. The van der Waals surface area contributed by atoms with Crippen molar-refractivity contribution < 1.29 is 43.6 Å². The second-order valence-electron chi connectivity index (χ2n) is 16.7. The first kappa shape index (κ1) is 59.4. The fraction of sp³-hybridized carbons (Fsp3) is 0.333. The van der Waals surface area contributed by atoms with Crippen molar-refractivity contribution in [2.24, 2.45) is 11.1 Å². The second kappa shape index (κ2) is 30.8. The van der Waals surface area contributed by atoms with Crippen LogP contribution >= 0.6 is 35.0 Å². The van der Waals surface area contributed by atoms with Crippen molar-refractivity contribution in [3.05, 3.63) is 147 Å². The Morgan fingerprint density at radius 2 is 1.55 bits per heavy atom. The number of anilines is 2. The van der Waals surface area contributed by atoms with Gasteiger partial charge in [0.25, 0.3) is 5.56 Å². The van der Waals surface area contributed by atoms with Gasteiger partial charge in [0.05, 0.1) is 52.2 Å². The Morgan fingerprint density at radius 3 is 2.16 bits per heavy atom. The standard InChI is InChI=1S/C17H13ClN2O4.C17H29NO3S.C10H8ClN3O.C10H13NO2/c1-10(17(21)22)23-12-3-5-13(6-4-12)24-16-9-19-15-8-11(18)2-7-14(15)20-16;1-5-8-14(18-21-6-2)17-15(19)10-13(11-16(17)20)9-12(4)22-7-3;11-9-8(12)6-13-14(10(9)15)7-4-2-1-3-5-7;1-8(2)13-10(12)11-9-6-4-3-5-7-9/h2-10H,1H3,(H,21,22);12-13,19H,5-11H2,1-4H3;1-6H,12H2;3-8H,1-2H3,(H,11,12)/b;18-14-;;. The van der Waals surface area contributed by atoms with Crippen LogP contribution in [0.25, 0.3) is 16.7 Å². The van der Waals surface area contributed by atoms with E-state index < -0.39 is 23.7 Å². The summed E-state index contributed by atoms with van der Waals surface area (Å²) in [6, 6.07) is 30.0. The zero-order valence-corrected chi connectivity index (χ0v) is 44.7. The molecule has 0 bridgehead atoms. The molecule has 0 saturated heterocycles. The Kier molecular flexibility index (Phi) is 24.7. The van der Waals surface area contributed by atoms with Crippen molar-refractivity contribution >= 4 is 80.9 Å². The van der Waals surface area contributed by atoms with Crippen molar-refractivity contribution in [2.75, 3.05) is 23.4 Å². The van der Waals surface area contributed by atoms with E-state index in [9.17, 15) is 24.3 Å². The smallest absolute Gasteiger partial charge is 0.411 e. The number of hydrogen-bond acceptors (Lipinski definition) is 15. The van der Waals surface area contributed by atoms with Crippen molar-refractivity contribution in [3.8, 4) is 23.1 Å². The summed E-state index contributed by atoms with van der Waals surface area (Å²) in [5.41, 5.74) is 8.99. The Bertz CT molecular complexity index is 2870. The summed E-state index contributed by atoms with van der Waals surface area (Å²) in [7, 11) is 0. The average molecular weight is 1070 g/mol. The highest BCUT2D eigenvalue weighted by Crippen LogP contribution is 2.33. The quantitative estimate of drug-likeness (QED) is 0.0490. The topological polar surface area (TPSA) is 240 Å². The van der Waals surface area contributed by atoms with Crippen molar-refractivity contribution in [3.63, 3.8) is 0 Å². The molecule has 394 valence electrons. The average Bonchev–Trinajstić information content (AvgIpc) is 3.36. The molecule has 0 aliphatic heterocycles. The molecule has 1 aliphatic rings. The number of carbonyl (C=O) groups is 3. The number of carboxylic acids is 1. The minimum Gasteiger partial charge on any atom is -0.511 e. The van der Waals surface area contributed by atoms with Gasteiger partial charge in [0.1, 0.15) is 28.9 Å². The minimum atomic E-state index is -1.03. The summed E-state index contributed by atoms with van der Waals surface area (Å²) in [6.45, 7) is 13.8. The number of benzene rings is 4. The molecule has 3 unspecified atom stereocenters. The predicted molar refractivity (Wildman–Crippen MR) is 293 cm³/mol. The van der Waals surface area contributed by atoms with Crippen LogP contribution in [0.2, 0.25) is 10.0 Å². The number of aliphatic carboxylic acids is 1. The van der Waals surface area contributed by atoms with E-state index in [0.717, 1.165) is 24.3 Å². The molecule has 0 radical (unpaired) electrons. The highest BCUT2D eigenvalue weighted by atomic mass is 35.5. The lowest BCUT2D eigenvalue weighted by Crippen LogP contribution is -2.26. The number of Topliss-reactive ketones (excluding diaryl/α,β-unsaturated/α-hetero) is 1. The van der Waals surface area contributed by atoms with E-state index in [0.29, 0.717) is 81.5 Å². The van der Waals surface area contributed by atoms with Crippen LogP contribution in [-0.2, 0) is 19.2 Å². The van der Waals surface area contributed by atoms with Crippen molar-refractivity contribution in [1.29, 1.82) is 0 Å². The Hall–Kier alpha value is -7.15. The molecule has 0 spiro atoms. The summed E-state index contributed by atoms with van der Waals surface area (Å²) in [5, 5.41) is 30.9. The van der Waals surface area contributed by atoms with Gasteiger partial charge < -0.3 is 35.0 Å². The van der Waals surface area contributed by atoms with Crippen LogP contribution < -0.4 is 26.1 Å². The van der Waals surface area contributed by atoms with Gasteiger partial charge in [-0.15, -0.1) is 0 Å². The molecule has 74 heavy (non-hydrogen) atoms. The third-order valence-electron chi connectivity index (χ3n) is 10.2. The van der Waals surface area contributed by atoms with Gasteiger partial charge in [-0.1, -0.05) is 91.9 Å². The van der Waals surface area contributed by atoms with Crippen LogP contribution in [-0.4, -0.2) is 83.3 Å².